The van der Waals surface area contributed by atoms with Gasteiger partial charge < -0.3 is 10.0 Å². The number of hydrogen-bond donors (Lipinski definition) is 1. The minimum absolute atomic E-state index is 0.0495. The summed E-state index contributed by atoms with van der Waals surface area (Å²) < 4.78 is 27.3. The van der Waals surface area contributed by atoms with Crippen molar-refractivity contribution in [2.75, 3.05) is 26.2 Å². The van der Waals surface area contributed by atoms with Gasteiger partial charge in [-0.1, -0.05) is 0 Å². The monoisotopic (exact) mass is 322 g/mol. The molecule has 124 valence electrons. The molecule has 2 bridgehead atoms. The van der Waals surface area contributed by atoms with Crippen molar-refractivity contribution in [3.8, 4) is 0 Å². The largest absolute Gasteiger partial charge is 0.387 e. The number of fused-ring (bicyclic) bond motifs is 2. The summed E-state index contributed by atoms with van der Waals surface area (Å²) in [5.74, 6) is -1.14. The lowest BCUT2D eigenvalue weighted by atomic mass is 9.75. The Morgan fingerprint density at radius 2 is 1.78 bits per heavy atom. The quantitative estimate of drug-likeness (QED) is 0.894. The van der Waals surface area contributed by atoms with Gasteiger partial charge in [-0.3, -0.25) is 9.69 Å². The van der Waals surface area contributed by atoms with Crippen LogP contribution >= 0.6 is 0 Å². The molecule has 0 radical (unpaired) electrons. The molecule has 4 aliphatic heterocycles. The average molecular weight is 322 g/mol. The van der Waals surface area contributed by atoms with E-state index in [1.165, 1.54) is 12.1 Å². The number of benzene rings is 1. The molecule has 4 aliphatic rings. The summed E-state index contributed by atoms with van der Waals surface area (Å²) in [6.07, 6.45) is 2.08. The zero-order chi connectivity index (χ0) is 16.1. The van der Waals surface area contributed by atoms with Crippen molar-refractivity contribution >= 4 is 5.91 Å². The van der Waals surface area contributed by atoms with E-state index in [0.29, 0.717) is 18.0 Å². The number of halogens is 2. The minimum atomic E-state index is -0.584. The highest BCUT2D eigenvalue weighted by atomic mass is 19.1. The van der Waals surface area contributed by atoms with Crippen LogP contribution in [0.1, 0.15) is 24.3 Å². The first kappa shape index (κ1) is 15.0. The second-order valence-electron chi connectivity index (χ2n) is 6.87. The van der Waals surface area contributed by atoms with Crippen molar-refractivity contribution < 1.29 is 18.7 Å². The van der Waals surface area contributed by atoms with Crippen molar-refractivity contribution in [2.45, 2.75) is 30.8 Å². The van der Waals surface area contributed by atoms with E-state index in [9.17, 15) is 18.7 Å². The first-order valence-corrected chi connectivity index (χ1v) is 8.19. The third-order valence-corrected chi connectivity index (χ3v) is 5.76. The van der Waals surface area contributed by atoms with E-state index < -0.39 is 18.2 Å². The second-order valence-corrected chi connectivity index (χ2v) is 6.87. The van der Waals surface area contributed by atoms with Gasteiger partial charge in [-0.15, -0.1) is 0 Å². The molecule has 1 aromatic rings. The number of carbonyl (C=O) groups is 1. The molecule has 0 unspecified atom stereocenters. The van der Waals surface area contributed by atoms with E-state index in [1.807, 2.05) is 0 Å². The van der Waals surface area contributed by atoms with Crippen molar-refractivity contribution in [3.05, 3.63) is 35.4 Å². The summed E-state index contributed by atoms with van der Waals surface area (Å²) in [6.45, 7) is 1.85. The highest BCUT2D eigenvalue weighted by molar-refractivity contribution is 5.78. The average Bonchev–Trinajstić information content (AvgIpc) is 2.97. The molecule has 0 spiro atoms. The van der Waals surface area contributed by atoms with Crippen molar-refractivity contribution in [1.29, 1.82) is 0 Å². The van der Waals surface area contributed by atoms with E-state index in [-0.39, 0.29) is 23.9 Å². The zero-order valence-corrected chi connectivity index (χ0v) is 12.8. The predicted molar refractivity (Wildman–Crippen MR) is 79.8 cm³/mol. The van der Waals surface area contributed by atoms with Crippen molar-refractivity contribution in [3.63, 3.8) is 0 Å². The number of amides is 1. The molecule has 4 fully saturated rings. The number of hydrogen-bond acceptors (Lipinski definition) is 3. The van der Waals surface area contributed by atoms with Gasteiger partial charge in [-0.25, -0.2) is 8.78 Å². The lowest BCUT2D eigenvalue weighted by Crippen LogP contribution is -2.61. The number of aliphatic hydroxyl groups is 1. The smallest absolute Gasteiger partial charge is 0.248 e. The maximum absolute atomic E-state index is 13.6. The summed E-state index contributed by atoms with van der Waals surface area (Å²) >= 11 is 0. The van der Waals surface area contributed by atoms with Gasteiger partial charge in [0.05, 0.1) is 6.04 Å². The molecule has 0 aromatic heterocycles. The third-order valence-electron chi connectivity index (χ3n) is 5.76. The number of likely N-dealkylation sites (tertiary alicyclic amines) is 1. The standard InChI is InChI=1S/C17H20F2N2O2/c18-12-5-11(6-13(19)7-12)14-8-21(15(23)9-22)16-10-1-3-20(4-2-10)17(14)16/h5-7,10,14,16-17,22H,1-4,8-9H2/t14-,16-,17-/m1/s1. The number of aliphatic hydroxyl groups excluding tert-OH is 1. The summed E-state index contributed by atoms with van der Waals surface area (Å²) in [5.41, 5.74) is 0.610. The Hall–Kier alpha value is -1.53. The third kappa shape index (κ3) is 2.35. The molecule has 5 rings (SSSR count). The molecule has 0 aliphatic carbocycles. The zero-order valence-electron chi connectivity index (χ0n) is 12.8. The fraction of sp³-hybridized carbons (Fsp3) is 0.588. The van der Waals surface area contributed by atoms with E-state index in [0.717, 1.165) is 32.0 Å². The van der Waals surface area contributed by atoms with Crippen LogP contribution in [0.5, 0.6) is 0 Å². The van der Waals surface area contributed by atoms with Gasteiger partial charge >= 0.3 is 0 Å². The van der Waals surface area contributed by atoms with Crippen LogP contribution in [0.2, 0.25) is 0 Å². The molecule has 1 N–H and O–H groups in total. The SMILES string of the molecule is O=C(CO)N1C[C@H](c2cc(F)cc(F)c2)[C@@H]2[C@H]1C1CCN2CC1. The van der Waals surface area contributed by atoms with Crippen LogP contribution < -0.4 is 0 Å². The van der Waals surface area contributed by atoms with Crippen LogP contribution in [-0.2, 0) is 4.79 Å². The van der Waals surface area contributed by atoms with Gasteiger partial charge in [-0.2, -0.15) is 0 Å². The molecule has 23 heavy (non-hydrogen) atoms. The van der Waals surface area contributed by atoms with Gasteiger partial charge in [0.15, 0.2) is 0 Å². The molecule has 1 aromatic carbocycles. The molecule has 4 saturated heterocycles. The van der Waals surface area contributed by atoms with Gasteiger partial charge in [-0.05, 0) is 49.5 Å². The molecular formula is C17H20F2N2O2. The predicted octanol–water partition coefficient (Wildman–Crippen LogP) is 1.35. The second kappa shape index (κ2) is 5.53. The van der Waals surface area contributed by atoms with Gasteiger partial charge in [0.25, 0.3) is 0 Å². The molecule has 1 amide bonds. The summed E-state index contributed by atoms with van der Waals surface area (Å²) in [4.78, 5) is 16.3. The first-order chi connectivity index (χ1) is 11.1. The highest BCUT2D eigenvalue weighted by Crippen LogP contribution is 2.46. The van der Waals surface area contributed by atoms with Crippen molar-refractivity contribution in [1.82, 2.24) is 9.80 Å². The molecule has 3 atom stereocenters. The minimum Gasteiger partial charge on any atom is -0.387 e. The topological polar surface area (TPSA) is 43.8 Å². The molecule has 0 saturated carbocycles. The van der Waals surface area contributed by atoms with Crippen LogP contribution in [0.25, 0.3) is 0 Å². The Kier molecular flexibility index (Phi) is 3.61. The molecule has 4 nitrogen and oxygen atoms in total. The van der Waals surface area contributed by atoms with Gasteiger partial charge in [0, 0.05) is 24.6 Å². The summed E-state index contributed by atoms with van der Waals surface area (Å²) in [6, 6.07) is 3.77. The maximum Gasteiger partial charge on any atom is 0.248 e. The fourth-order valence-corrected chi connectivity index (χ4v) is 4.88. The fourth-order valence-electron chi connectivity index (χ4n) is 4.88. The lowest BCUT2D eigenvalue weighted by Gasteiger charge is -2.51. The number of piperidine rings is 3. The Bertz CT molecular complexity index is 611. The van der Waals surface area contributed by atoms with Gasteiger partial charge in [0.1, 0.15) is 18.2 Å². The highest BCUT2D eigenvalue weighted by Gasteiger charge is 2.54. The van der Waals surface area contributed by atoms with E-state index >= 15 is 0 Å². The number of carbonyl (C=O) groups excluding carboxylic acids is 1. The Morgan fingerprint density at radius 3 is 2.39 bits per heavy atom. The Morgan fingerprint density at radius 1 is 1.13 bits per heavy atom. The Labute approximate surface area is 133 Å². The normalized spacial score (nSPS) is 35.4. The van der Waals surface area contributed by atoms with Crippen LogP contribution in [0.4, 0.5) is 8.78 Å². The summed E-state index contributed by atoms with van der Waals surface area (Å²) in [5, 5.41) is 9.28. The van der Waals surface area contributed by atoms with Crippen LogP contribution in [0.15, 0.2) is 18.2 Å². The maximum atomic E-state index is 13.6. The number of rotatable bonds is 2. The van der Waals surface area contributed by atoms with E-state index in [1.54, 1.807) is 4.90 Å². The summed E-state index contributed by atoms with van der Waals surface area (Å²) in [7, 11) is 0. The van der Waals surface area contributed by atoms with Crippen LogP contribution in [-0.4, -0.2) is 59.1 Å². The van der Waals surface area contributed by atoms with E-state index in [4.69, 9.17) is 0 Å². The van der Waals surface area contributed by atoms with Gasteiger partial charge in [0.2, 0.25) is 5.91 Å². The van der Waals surface area contributed by atoms with E-state index in [2.05, 4.69) is 4.90 Å². The first-order valence-electron chi connectivity index (χ1n) is 8.19. The molecular weight excluding hydrogens is 302 g/mol. The number of nitrogens with zero attached hydrogens (tertiary/aromatic N) is 2. The Balaban J connectivity index is 1.74. The lowest BCUT2D eigenvalue weighted by molar-refractivity contribution is -0.138. The van der Waals surface area contributed by atoms with Crippen LogP contribution in [0, 0.1) is 17.6 Å². The van der Waals surface area contributed by atoms with Crippen LogP contribution in [0.3, 0.4) is 0 Å². The molecule has 6 heteroatoms. The molecule has 4 heterocycles. The van der Waals surface area contributed by atoms with Crippen molar-refractivity contribution in [2.24, 2.45) is 5.92 Å².